The van der Waals surface area contributed by atoms with Crippen LogP contribution in [0.2, 0.25) is 0 Å². The molecule has 2 aromatic carbocycles. The van der Waals surface area contributed by atoms with Gasteiger partial charge in [0.2, 0.25) is 0 Å². The van der Waals surface area contributed by atoms with E-state index in [1.54, 1.807) is 48.5 Å². The number of nitrogens with zero attached hydrogens (tertiary/aromatic N) is 2. The maximum Gasteiger partial charge on any atom is 0.259 e. The summed E-state index contributed by atoms with van der Waals surface area (Å²) in [5.41, 5.74) is 0.392. The molecule has 3 aromatic rings. The molecule has 0 unspecified atom stereocenters. The Bertz CT molecular complexity index is 1030. The minimum atomic E-state index is -0.370. The first kappa shape index (κ1) is 15.3. The molecule has 3 rings (SSSR count). The number of nitriles is 1. The highest BCUT2D eigenvalue weighted by molar-refractivity contribution is 5.93. The monoisotopic (exact) mass is 319 g/mol. The lowest BCUT2D eigenvalue weighted by Gasteiger charge is -2.06. The summed E-state index contributed by atoms with van der Waals surface area (Å²) in [6, 6.07) is 15.3. The molecule has 0 atom stereocenters. The Hall–Kier alpha value is -3.59. The zero-order chi connectivity index (χ0) is 17.1. The highest BCUT2D eigenvalue weighted by atomic mass is 16.5. The van der Waals surface area contributed by atoms with Gasteiger partial charge in [0.15, 0.2) is 5.82 Å². The van der Waals surface area contributed by atoms with Crippen LogP contribution in [0.4, 0.5) is 0 Å². The summed E-state index contributed by atoms with van der Waals surface area (Å²) < 4.78 is 5.06. The van der Waals surface area contributed by atoms with Gasteiger partial charge in [-0.1, -0.05) is 12.1 Å². The normalized spacial score (nSPS) is 11.7. The van der Waals surface area contributed by atoms with Gasteiger partial charge in [-0.25, -0.2) is 4.98 Å². The Labute approximate surface area is 137 Å². The number of aliphatic hydroxyl groups excluding tert-OH is 1. The fourth-order valence-electron chi connectivity index (χ4n) is 2.32. The lowest BCUT2D eigenvalue weighted by molar-refractivity contribution is 0.414. The molecule has 0 aliphatic heterocycles. The van der Waals surface area contributed by atoms with Crippen molar-refractivity contribution < 1.29 is 9.84 Å². The maximum absolute atomic E-state index is 12.1. The van der Waals surface area contributed by atoms with E-state index in [2.05, 4.69) is 9.97 Å². The predicted octanol–water partition coefficient (Wildman–Crippen LogP) is 2.88. The summed E-state index contributed by atoms with van der Waals surface area (Å²) in [5.74, 6) is 0.385. The molecule has 0 radical (unpaired) electrons. The third-order valence-corrected chi connectivity index (χ3v) is 3.56. The number of allylic oxidation sites excluding steroid dienone is 1. The minimum Gasteiger partial charge on any atom is -0.506 e. The highest BCUT2D eigenvalue weighted by Gasteiger charge is 2.14. The Morgan fingerprint density at radius 2 is 1.92 bits per heavy atom. The van der Waals surface area contributed by atoms with Crippen LogP contribution in [-0.2, 0) is 0 Å². The van der Waals surface area contributed by atoms with E-state index in [1.165, 1.54) is 7.11 Å². The van der Waals surface area contributed by atoms with Gasteiger partial charge in [-0.3, -0.25) is 4.79 Å². The third-order valence-electron chi connectivity index (χ3n) is 3.56. The van der Waals surface area contributed by atoms with E-state index in [-0.39, 0.29) is 22.7 Å². The first-order chi connectivity index (χ1) is 11.6. The molecule has 0 bridgehead atoms. The lowest BCUT2D eigenvalue weighted by Crippen LogP contribution is -2.11. The van der Waals surface area contributed by atoms with Gasteiger partial charge in [0.25, 0.3) is 5.56 Å². The molecule has 0 aliphatic rings. The Morgan fingerprint density at radius 3 is 2.58 bits per heavy atom. The van der Waals surface area contributed by atoms with Crippen LogP contribution in [0.15, 0.2) is 53.3 Å². The molecule has 0 amide bonds. The molecule has 6 heteroatoms. The maximum atomic E-state index is 12.1. The minimum absolute atomic E-state index is 0.0227. The number of ether oxygens (including phenoxy) is 1. The van der Waals surface area contributed by atoms with Crippen LogP contribution in [0, 0.1) is 11.3 Å². The molecular formula is C18H13N3O3. The molecule has 1 heterocycles. The molecule has 0 aliphatic carbocycles. The molecule has 24 heavy (non-hydrogen) atoms. The van der Waals surface area contributed by atoms with Crippen LogP contribution in [0.1, 0.15) is 11.4 Å². The molecular weight excluding hydrogens is 306 g/mol. The number of para-hydroxylation sites is 1. The number of methoxy groups -OCH3 is 1. The van der Waals surface area contributed by atoms with E-state index in [1.807, 2.05) is 6.07 Å². The standard InChI is InChI=1S/C18H13N3O3/c1-24-12-8-6-11(7-9-12)16(22)14(10-19)17-20-15-5-3-2-4-13(15)18(23)21-17/h2-9,22H,1H3,(H,20,21,23)/b16-14+. The molecule has 0 saturated carbocycles. The van der Waals surface area contributed by atoms with E-state index < -0.39 is 0 Å². The zero-order valence-corrected chi connectivity index (χ0v) is 12.8. The Kier molecular flexibility index (Phi) is 4.00. The van der Waals surface area contributed by atoms with Crippen LogP contribution in [-0.4, -0.2) is 22.2 Å². The zero-order valence-electron chi connectivity index (χ0n) is 12.8. The van der Waals surface area contributed by atoms with Crippen molar-refractivity contribution in [2.75, 3.05) is 7.11 Å². The lowest BCUT2D eigenvalue weighted by atomic mass is 10.1. The summed E-state index contributed by atoms with van der Waals surface area (Å²) in [5, 5.41) is 20.3. The number of nitrogens with one attached hydrogen (secondary N) is 1. The second kappa shape index (κ2) is 6.26. The predicted molar refractivity (Wildman–Crippen MR) is 90.4 cm³/mol. The topological polar surface area (TPSA) is 99.0 Å². The number of benzene rings is 2. The number of aromatic nitrogens is 2. The van der Waals surface area contributed by atoms with Crippen molar-refractivity contribution in [3.05, 3.63) is 70.3 Å². The van der Waals surface area contributed by atoms with Crippen LogP contribution in [0.25, 0.3) is 22.2 Å². The number of hydrogen-bond acceptors (Lipinski definition) is 5. The number of hydrogen-bond donors (Lipinski definition) is 2. The van der Waals surface area contributed by atoms with Crippen molar-refractivity contribution in [3.8, 4) is 11.8 Å². The van der Waals surface area contributed by atoms with E-state index in [0.29, 0.717) is 22.2 Å². The van der Waals surface area contributed by atoms with E-state index in [9.17, 15) is 15.2 Å². The quantitative estimate of drug-likeness (QED) is 0.571. The van der Waals surface area contributed by atoms with Crippen molar-refractivity contribution >= 4 is 22.2 Å². The summed E-state index contributed by atoms with van der Waals surface area (Å²) in [4.78, 5) is 18.9. The first-order valence-corrected chi connectivity index (χ1v) is 7.11. The van der Waals surface area contributed by atoms with Gasteiger partial charge < -0.3 is 14.8 Å². The van der Waals surface area contributed by atoms with E-state index in [4.69, 9.17) is 4.74 Å². The molecule has 0 fully saturated rings. The number of aliphatic hydroxyl groups is 1. The third kappa shape index (κ3) is 2.71. The van der Waals surface area contributed by atoms with Crippen molar-refractivity contribution in [2.24, 2.45) is 0 Å². The molecule has 0 spiro atoms. The van der Waals surface area contributed by atoms with Crippen molar-refractivity contribution in [3.63, 3.8) is 0 Å². The van der Waals surface area contributed by atoms with Crippen molar-refractivity contribution in [1.29, 1.82) is 5.26 Å². The van der Waals surface area contributed by atoms with Crippen LogP contribution >= 0.6 is 0 Å². The first-order valence-electron chi connectivity index (χ1n) is 7.11. The molecule has 2 N–H and O–H groups in total. The number of rotatable bonds is 3. The van der Waals surface area contributed by atoms with Crippen LogP contribution in [0.3, 0.4) is 0 Å². The summed E-state index contributed by atoms with van der Waals surface area (Å²) in [6.07, 6.45) is 0. The Balaban J connectivity index is 2.17. The Morgan fingerprint density at radius 1 is 1.21 bits per heavy atom. The highest BCUT2D eigenvalue weighted by Crippen LogP contribution is 2.23. The van der Waals surface area contributed by atoms with E-state index in [0.717, 1.165) is 0 Å². The SMILES string of the molecule is COc1ccc(/C(O)=C(/C#N)c2nc3ccccc3c(=O)[nH]2)cc1. The summed E-state index contributed by atoms with van der Waals surface area (Å²) in [6.45, 7) is 0. The van der Waals surface area contributed by atoms with Gasteiger partial charge in [-0.05, 0) is 36.4 Å². The van der Waals surface area contributed by atoms with Crippen LogP contribution in [0.5, 0.6) is 5.75 Å². The number of aromatic amines is 1. The molecule has 0 saturated heterocycles. The summed E-state index contributed by atoms with van der Waals surface area (Å²) in [7, 11) is 1.54. The van der Waals surface area contributed by atoms with Crippen molar-refractivity contribution in [2.45, 2.75) is 0 Å². The van der Waals surface area contributed by atoms with E-state index >= 15 is 0 Å². The van der Waals surface area contributed by atoms with Gasteiger partial charge >= 0.3 is 0 Å². The fourth-order valence-corrected chi connectivity index (χ4v) is 2.32. The van der Waals surface area contributed by atoms with Crippen molar-refractivity contribution in [1.82, 2.24) is 9.97 Å². The average molecular weight is 319 g/mol. The summed E-state index contributed by atoms with van der Waals surface area (Å²) >= 11 is 0. The average Bonchev–Trinajstić information content (AvgIpc) is 2.62. The number of H-pyrrole nitrogens is 1. The molecule has 6 nitrogen and oxygen atoms in total. The van der Waals surface area contributed by atoms with Gasteiger partial charge in [0, 0.05) is 5.56 Å². The molecule has 1 aromatic heterocycles. The number of fused-ring (bicyclic) bond motifs is 1. The molecule has 118 valence electrons. The van der Waals surface area contributed by atoms with Gasteiger partial charge in [0.05, 0.1) is 18.0 Å². The fraction of sp³-hybridized carbons (Fsp3) is 0.0556. The van der Waals surface area contributed by atoms with Crippen LogP contribution < -0.4 is 10.3 Å². The van der Waals surface area contributed by atoms with Gasteiger partial charge in [0.1, 0.15) is 23.2 Å². The van der Waals surface area contributed by atoms with Gasteiger partial charge in [-0.2, -0.15) is 5.26 Å². The van der Waals surface area contributed by atoms with Gasteiger partial charge in [-0.15, -0.1) is 0 Å². The smallest absolute Gasteiger partial charge is 0.259 e. The largest absolute Gasteiger partial charge is 0.506 e. The second-order valence-electron chi connectivity index (χ2n) is 5.00. The second-order valence-corrected chi connectivity index (χ2v) is 5.00.